The maximum atomic E-state index is 13.2. The van der Waals surface area contributed by atoms with Crippen LogP contribution in [0, 0.1) is 0 Å². The molecule has 0 unspecified atom stereocenters. The van der Waals surface area contributed by atoms with Crippen LogP contribution in [0.15, 0.2) is 24.3 Å². The van der Waals surface area contributed by atoms with E-state index in [1.165, 1.54) is 206 Å². The second kappa shape index (κ2) is 36.3. The predicted molar refractivity (Wildman–Crippen MR) is 271 cm³/mol. The minimum atomic E-state index is 0.0566. The van der Waals surface area contributed by atoms with Crippen LogP contribution >= 0.6 is 11.3 Å². The lowest BCUT2D eigenvalue weighted by Gasteiger charge is -2.25. The molecule has 3 aromatic rings. The van der Waals surface area contributed by atoms with Crippen LogP contribution < -0.4 is 5.32 Å². The maximum absolute atomic E-state index is 13.2. The first-order valence-electron chi connectivity index (χ1n) is 26.5. The molecule has 6 nitrogen and oxygen atoms in total. The lowest BCUT2D eigenvalue weighted by atomic mass is 10.0. The highest BCUT2D eigenvalue weighted by Gasteiger charge is 2.16. The first kappa shape index (κ1) is 53.2. The van der Waals surface area contributed by atoms with Crippen molar-refractivity contribution < 1.29 is 4.79 Å². The number of rotatable bonds is 42. The molecule has 0 aliphatic carbocycles. The van der Waals surface area contributed by atoms with Gasteiger partial charge in [-0.15, -0.1) is 11.3 Å². The van der Waals surface area contributed by atoms with Crippen molar-refractivity contribution >= 4 is 44.2 Å². The predicted octanol–water partition coefficient (Wildman–Crippen LogP) is 16.5. The molecule has 1 aromatic carbocycles. The molecule has 0 saturated heterocycles. The SMILES string of the molecule is CCCCCCCCCCCCCCCN(CC)CCCN(CCCCCCCCCCCCCCC)CCCCCC(=O)Nc1nc2ccccc2c2sc(CCC)nc12. The van der Waals surface area contributed by atoms with Crippen LogP contribution in [0.1, 0.15) is 238 Å². The van der Waals surface area contributed by atoms with Gasteiger partial charge in [0.2, 0.25) is 5.91 Å². The molecule has 1 N–H and O–H groups in total. The van der Waals surface area contributed by atoms with Gasteiger partial charge in [0.15, 0.2) is 5.82 Å². The molecular weight excluding hydrogens is 767 g/mol. The molecule has 3 rings (SSSR count). The highest BCUT2D eigenvalue weighted by Crippen LogP contribution is 2.34. The summed E-state index contributed by atoms with van der Waals surface area (Å²) in [5, 5.41) is 5.40. The van der Waals surface area contributed by atoms with E-state index in [-0.39, 0.29) is 5.91 Å². The van der Waals surface area contributed by atoms with Gasteiger partial charge < -0.3 is 15.1 Å². The summed E-state index contributed by atoms with van der Waals surface area (Å²) in [6, 6.07) is 8.23. The molecule has 7 heteroatoms. The third-order valence-corrected chi connectivity index (χ3v) is 14.1. The second-order valence-electron chi connectivity index (χ2n) is 18.5. The van der Waals surface area contributed by atoms with Gasteiger partial charge in [-0.2, -0.15) is 0 Å². The molecule has 2 aromatic heterocycles. The van der Waals surface area contributed by atoms with Gasteiger partial charge in [-0.3, -0.25) is 4.79 Å². The zero-order valence-electron chi connectivity index (χ0n) is 40.5. The molecule has 0 fully saturated rings. The molecule has 0 saturated carbocycles. The number of hydrogen-bond acceptors (Lipinski definition) is 6. The quantitative estimate of drug-likeness (QED) is 0.0575. The number of aromatic nitrogens is 2. The molecule has 61 heavy (non-hydrogen) atoms. The van der Waals surface area contributed by atoms with E-state index in [0.717, 1.165) is 64.8 Å². The van der Waals surface area contributed by atoms with Crippen LogP contribution in [0.3, 0.4) is 0 Å². The number of para-hydroxylation sites is 1. The summed E-state index contributed by atoms with van der Waals surface area (Å²) in [6.07, 6.45) is 43.7. The van der Waals surface area contributed by atoms with Gasteiger partial charge in [-0.05, 0) is 90.3 Å². The summed E-state index contributed by atoms with van der Waals surface area (Å²) < 4.78 is 1.13. The molecular formula is C54H95N5OS. The Morgan fingerprint density at radius 2 is 0.951 bits per heavy atom. The molecule has 0 radical (unpaired) electrons. The van der Waals surface area contributed by atoms with E-state index in [0.29, 0.717) is 12.2 Å². The fourth-order valence-electron chi connectivity index (χ4n) is 9.03. The molecule has 348 valence electrons. The van der Waals surface area contributed by atoms with Crippen molar-refractivity contribution in [1.82, 2.24) is 19.8 Å². The topological polar surface area (TPSA) is 61.4 Å². The Kier molecular flexibility index (Phi) is 31.7. The number of nitrogens with one attached hydrogen (secondary N) is 1. The van der Waals surface area contributed by atoms with Crippen LogP contribution in [-0.4, -0.2) is 64.9 Å². The number of carbonyl (C=O) groups is 1. The Morgan fingerprint density at radius 1 is 0.508 bits per heavy atom. The first-order chi connectivity index (χ1) is 30.1. The fourth-order valence-corrected chi connectivity index (χ4v) is 10.2. The average molecular weight is 862 g/mol. The number of nitrogens with zero attached hydrogens (tertiary/aromatic N) is 4. The highest BCUT2D eigenvalue weighted by molar-refractivity contribution is 7.19. The van der Waals surface area contributed by atoms with Crippen LogP contribution in [0.5, 0.6) is 0 Å². The van der Waals surface area contributed by atoms with Crippen molar-refractivity contribution in [2.24, 2.45) is 0 Å². The van der Waals surface area contributed by atoms with Gasteiger partial charge in [0.05, 0.1) is 15.2 Å². The third kappa shape index (κ3) is 24.5. The fraction of sp³-hybridized carbons (Fsp3) is 0.796. The number of pyridine rings is 1. The van der Waals surface area contributed by atoms with Crippen molar-refractivity contribution in [3.8, 4) is 0 Å². The summed E-state index contributed by atoms with van der Waals surface area (Å²) >= 11 is 1.74. The smallest absolute Gasteiger partial charge is 0.225 e. The van der Waals surface area contributed by atoms with Crippen molar-refractivity contribution in [3.63, 3.8) is 0 Å². The first-order valence-corrected chi connectivity index (χ1v) is 27.3. The van der Waals surface area contributed by atoms with Gasteiger partial charge in [0.25, 0.3) is 0 Å². The molecule has 0 spiro atoms. The number of anilines is 1. The molecule has 0 bridgehead atoms. The minimum absolute atomic E-state index is 0.0566. The number of hydrogen-bond donors (Lipinski definition) is 1. The van der Waals surface area contributed by atoms with Crippen LogP contribution in [0.4, 0.5) is 5.82 Å². The Hall–Kier alpha value is -2.09. The Morgan fingerprint density at radius 3 is 1.46 bits per heavy atom. The second-order valence-corrected chi connectivity index (χ2v) is 19.6. The van der Waals surface area contributed by atoms with Crippen molar-refractivity contribution in [3.05, 3.63) is 29.3 Å². The third-order valence-electron chi connectivity index (χ3n) is 12.9. The van der Waals surface area contributed by atoms with Crippen molar-refractivity contribution in [1.29, 1.82) is 0 Å². The average Bonchev–Trinajstić information content (AvgIpc) is 3.70. The number of benzene rings is 1. The molecule has 0 aliphatic heterocycles. The number of amides is 1. The summed E-state index contributed by atoms with van der Waals surface area (Å²) in [6.45, 7) is 16.4. The largest absolute Gasteiger partial charge is 0.309 e. The van der Waals surface area contributed by atoms with Gasteiger partial charge >= 0.3 is 0 Å². The van der Waals surface area contributed by atoms with Crippen molar-refractivity contribution in [2.45, 2.75) is 240 Å². The van der Waals surface area contributed by atoms with E-state index < -0.39 is 0 Å². The minimum Gasteiger partial charge on any atom is -0.309 e. The van der Waals surface area contributed by atoms with E-state index in [4.69, 9.17) is 9.97 Å². The van der Waals surface area contributed by atoms with Crippen LogP contribution in [-0.2, 0) is 11.2 Å². The Balaban J connectivity index is 1.35. The maximum Gasteiger partial charge on any atom is 0.225 e. The zero-order valence-corrected chi connectivity index (χ0v) is 41.3. The van der Waals surface area contributed by atoms with E-state index in [9.17, 15) is 4.79 Å². The molecule has 0 atom stereocenters. The Bertz CT molecular complexity index is 1490. The summed E-state index contributed by atoms with van der Waals surface area (Å²) in [5.74, 6) is 0.678. The number of thiazole rings is 1. The normalized spacial score (nSPS) is 11.9. The van der Waals surface area contributed by atoms with Gasteiger partial charge in [0, 0.05) is 11.8 Å². The van der Waals surface area contributed by atoms with E-state index >= 15 is 0 Å². The van der Waals surface area contributed by atoms with E-state index in [1.54, 1.807) is 11.3 Å². The lowest BCUT2D eigenvalue weighted by molar-refractivity contribution is -0.116. The van der Waals surface area contributed by atoms with Crippen molar-refractivity contribution in [2.75, 3.05) is 44.6 Å². The zero-order chi connectivity index (χ0) is 43.4. The molecule has 0 aliphatic rings. The van der Waals surface area contributed by atoms with Crippen LogP contribution in [0.25, 0.3) is 21.1 Å². The van der Waals surface area contributed by atoms with Gasteiger partial charge in [-0.1, -0.05) is 206 Å². The van der Waals surface area contributed by atoms with Gasteiger partial charge in [0.1, 0.15) is 5.52 Å². The van der Waals surface area contributed by atoms with Gasteiger partial charge in [-0.25, -0.2) is 9.97 Å². The lowest BCUT2D eigenvalue weighted by Crippen LogP contribution is -2.32. The number of unbranched alkanes of at least 4 members (excludes halogenated alkanes) is 26. The van der Waals surface area contributed by atoms with E-state index in [2.05, 4.69) is 54.9 Å². The number of fused-ring (bicyclic) bond motifs is 3. The number of aryl methyl sites for hydroxylation is 1. The molecule has 2 heterocycles. The molecule has 1 amide bonds. The standard InChI is InChI=1S/C54H95N5OS/c1-5-9-11-13-15-17-19-21-23-25-27-29-35-43-58(8-4)46-38-47-59(44-36-30-28-26-24-22-20-18-16-14-12-10-6-2)45-37-31-32-42-50(60)56-54-52-53(61-51(57-52)39-7-3)48-40-33-34-41-49(48)55-54/h33-34,40-41H,5-32,35-39,42-47H2,1-4H3,(H,55,56,60). The number of carbonyl (C=O) groups excluding carboxylic acids is 1. The summed E-state index contributed by atoms with van der Waals surface area (Å²) in [5.41, 5.74) is 1.76. The monoisotopic (exact) mass is 862 g/mol. The summed E-state index contributed by atoms with van der Waals surface area (Å²) in [7, 11) is 0. The highest BCUT2D eigenvalue weighted by atomic mass is 32.1. The van der Waals surface area contributed by atoms with E-state index in [1.807, 2.05) is 12.1 Å². The Labute approximate surface area is 380 Å². The summed E-state index contributed by atoms with van der Waals surface area (Å²) in [4.78, 5) is 28.5. The van der Waals surface area contributed by atoms with Crippen LogP contribution in [0.2, 0.25) is 0 Å².